The molecule has 1 fully saturated rings. The van der Waals surface area contributed by atoms with Gasteiger partial charge in [-0.2, -0.15) is 0 Å². The van der Waals surface area contributed by atoms with Gasteiger partial charge in [0.1, 0.15) is 5.82 Å². The maximum atomic E-state index is 13.4. The fraction of sp³-hybridized carbons (Fsp3) is 0.650. The molecule has 0 spiro atoms. The van der Waals surface area contributed by atoms with E-state index < -0.39 is 0 Å². The van der Waals surface area contributed by atoms with Crippen molar-refractivity contribution < 1.29 is 9.50 Å². The van der Waals surface area contributed by atoms with Gasteiger partial charge in [-0.05, 0) is 69.4 Å². The van der Waals surface area contributed by atoms with E-state index in [2.05, 4.69) is 27.4 Å². The monoisotopic (exact) mass is 364 g/mol. The first-order valence-electron chi connectivity index (χ1n) is 9.75. The molecule has 0 unspecified atom stereocenters. The highest BCUT2D eigenvalue weighted by molar-refractivity contribution is 5.79. The van der Waals surface area contributed by atoms with Crippen LogP contribution in [0.15, 0.2) is 23.2 Å². The van der Waals surface area contributed by atoms with E-state index in [1.54, 1.807) is 12.1 Å². The van der Waals surface area contributed by atoms with Gasteiger partial charge in [0.2, 0.25) is 0 Å². The molecule has 0 aromatic heterocycles. The van der Waals surface area contributed by atoms with Crippen LogP contribution in [0.4, 0.5) is 4.39 Å². The zero-order valence-electron chi connectivity index (χ0n) is 16.1. The van der Waals surface area contributed by atoms with Crippen molar-refractivity contribution >= 4 is 5.96 Å². The average molecular weight is 365 g/mol. The SMILES string of the molecule is CCNC(=NCc1ccc(F)c(CO)c1)NCCCN1CCC(C)CC1. The van der Waals surface area contributed by atoms with Crippen LogP contribution in [0.2, 0.25) is 0 Å². The van der Waals surface area contributed by atoms with Crippen LogP contribution in [0.3, 0.4) is 0 Å². The van der Waals surface area contributed by atoms with Gasteiger partial charge in [0.25, 0.3) is 0 Å². The van der Waals surface area contributed by atoms with Crippen LogP contribution in [-0.4, -0.2) is 48.7 Å². The quantitative estimate of drug-likeness (QED) is 0.377. The molecule has 1 aromatic rings. The summed E-state index contributed by atoms with van der Waals surface area (Å²) in [5, 5.41) is 15.8. The van der Waals surface area contributed by atoms with Gasteiger partial charge in [0, 0.05) is 18.7 Å². The van der Waals surface area contributed by atoms with E-state index in [4.69, 9.17) is 5.11 Å². The topological polar surface area (TPSA) is 59.9 Å². The van der Waals surface area contributed by atoms with Crippen molar-refractivity contribution in [2.75, 3.05) is 32.7 Å². The highest BCUT2D eigenvalue weighted by atomic mass is 19.1. The molecule has 2 rings (SSSR count). The van der Waals surface area contributed by atoms with Crippen molar-refractivity contribution in [2.24, 2.45) is 10.9 Å². The number of nitrogens with one attached hydrogen (secondary N) is 2. The number of nitrogens with zero attached hydrogens (tertiary/aromatic N) is 2. The van der Waals surface area contributed by atoms with E-state index >= 15 is 0 Å². The molecular weight excluding hydrogens is 331 g/mol. The number of guanidine groups is 1. The van der Waals surface area contributed by atoms with Gasteiger partial charge in [0.05, 0.1) is 13.2 Å². The molecule has 3 N–H and O–H groups in total. The number of hydrogen-bond acceptors (Lipinski definition) is 3. The molecule has 26 heavy (non-hydrogen) atoms. The molecule has 0 saturated carbocycles. The summed E-state index contributed by atoms with van der Waals surface area (Å²) in [7, 11) is 0. The molecule has 1 heterocycles. The fourth-order valence-corrected chi connectivity index (χ4v) is 3.15. The van der Waals surface area contributed by atoms with Crippen LogP contribution in [-0.2, 0) is 13.2 Å². The third-order valence-corrected chi connectivity index (χ3v) is 4.86. The Kier molecular flexibility index (Phi) is 8.85. The van der Waals surface area contributed by atoms with Crippen LogP contribution in [0.1, 0.15) is 44.2 Å². The Morgan fingerprint density at radius 2 is 2.08 bits per heavy atom. The fourth-order valence-electron chi connectivity index (χ4n) is 3.15. The number of piperidine rings is 1. The summed E-state index contributed by atoms with van der Waals surface area (Å²) in [4.78, 5) is 7.10. The summed E-state index contributed by atoms with van der Waals surface area (Å²) in [5.74, 6) is 1.27. The number of aliphatic imine (C=N–C) groups is 1. The normalized spacial score (nSPS) is 16.7. The predicted octanol–water partition coefficient (Wildman–Crippen LogP) is 2.50. The minimum Gasteiger partial charge on any atom is -0.392 e. The van der Waals surface area contributed by atoms with Gasteiger partial charge in [-0.3, -0.25) is 0 Å². The average Bonchev–Trinajstić information content (AvgIpc) is 2.65. The van der Waals surface area contributed by atoms with Crippen molar-refractivity contribution in [3.63, 3.8) is 0 Å². The van der Waals surface area contributed by atoms with E-state index in [0.29, 0.717) is 12.1 Å². The summed E-state index contributed by atoms with van der Waals surface area (Å²) in [5.41, 5.74) is 1.20. The van der Waals surface area contributed by atoms with E-state index in [9.17, 15) is 4.39 Å². The summed E-state index contributed by atoms with van der Waals surface area (Å²) >= 11 is 0. The number of aliphatic hydroxyl groups excluding tert-OH is 1. The summed E-state index contributed by atoms with van der Waals surface area (Å²) in [6.07, 6.45) is 3.71. The van der Waals surface area contributed by atoms with Gasteiger partial charge in [-0.15, -0.1) is 0 Å². The highest BCUT2D eigenvalue weighted by Gasteiger charge is 2.14. The number of hydrogen-bond donors (Lipinski definition) is 3. The molecule has 5 nitrogen and oxygen atoms in total. The number of rotatable bonds is 8. The van der Waals surface area contributed by atoms with Crippen LogP contribution < -0.4 is 10.6 Å². The van der Waals surface area contributed by atoms with E-state index in [0.717, 1.165) is 43.5 Å². The van der Waals surface area contributed by atoms with Crippen LogP contribution in [0, 0.1) is 11.7 Å². The first kappa shape index (κ1) is 20.6. The molecule has 1 aromatic carbocycles. The molecule has 1 aliphatic rings. The first-order valence-corrected chi connectivity index (χ1v) is 9.75. The molecule has 0 radical (unpaired) electrons. The van der Waals surface area contributed by atoms with Gasteiger partial charge in [-0.1, -0.05) is 13.0 Å². The zero-order valence-corrected chi connectivity index (χ0v) is 16.1. The lowest BCUT2D eigenvalue weighted by atomic mass is 9.99. The molecule has 0 bridgehead atoms. The Hall–Kier alpha value is -1.66. The van der Waals surface area contributed by atoms with E-state index in [-0.39, 0.29) is 12.4 Å². The Bertz CT molecular complexity index is 571. The standard InChI is InChI=1S/C20H33FN4O/c1-3-22-20(23-9-4-10-25-11-7-16(2)8-12-25)24-14-17-5-6-19(21)18(13-17)15-26/h5-6,13,16,26H,3-4,7-12,14-15H2,1-2H3,(H2,22,23,24). The summed E-state index contributed by atoms with van der Waals surface area (Å²) in [6.45, 7) is 9.75. The van der Waals surface area contributed by atoms with Crippen molar-refractivity contribution in [3.05, 3.63) is 35.1 Å². The second-order valence-corrected chi connectivity index (χ2v) is 7.08. The van der Waals surface area contributed by atoms with Gasteiger partial charge in [0.15, 0.2) is 5.96 Å². The van der Waals surface area contributed by atoms with Gasteiger partial charge < -0.3 is 20.6 Å². The molecule has 0 amide bonds. The maximum Gasteiger partial charge on any atom is 0.191 e. The molecule has 0 aliphatic carbocycles. The Morgan fingerprint density at radius 1 is 1.31 bits per heavy atom. The van der Waals surface area contributed by atoms with E-state index in [1.165, 1.54) is 32.0 Å². The van der Waals surface area contributed by atoms with E-state index in [1.807, 2.05) is 6.92 Å². The number of halogens is 1. The summed E-state index contributed by atoms with van der Waals surface area (Å²) < 4.78 is 13.4. The van der Waals surface area contributed by atoms with Gasteiger partial charge in [-0.25, -0.2) is 9.38 Å². The summed E-state index contributed by atoms with van der Waals surface area (Å²) in [6, 6.07) is 4.76. The Labute approximate surface area is 156 Å². The zero-order chi connectivity index (χ0) is 18.8. The minimum atomic E-state index is -0.377. The van der Waals surface area contributed by atoms with Gasteiger partial charge >= 0.3 is 0 Å². The predicted molar refractivity (Wildman–Crippen MR) is 105 cm³/mol. The lowest BCUT2D eigenvalue weighted by Gasteiger charge is -2.30. The van der Waals surface area contributed by atoms with Crippen molar-refractivity contribution in [1.82, 2.24) is 15.5 Å². The van der Waals surface area contributed by atoms with Crippen LogP contribution in [0.5, 0.6) is 0 Å². The molecule has 1 saturated heterocycles. The first-order chi connectivity index (χ1) is 12.6. The molecule has 146 valence electrons. The molecular formula is C20H33FN4O. The number of benzene rings is 1. The van der Waals surface area contributed by atoms with Crippen LogP contribution in [0.25, 0.3) is 0 Å². The second-order valence-electron chi connectivity index (χ2n) is 7.08. The smallest absolute Gasteiger partial charge is 0.191 e. The highest BCUT2D eigenvalue weighted by Crippen LogP contribution is 2.15. The van der Waals surface area contributed by atoms with Crippen LogP contribution >= 0.6 is 0 Å². The largest absolute Gasteiger partial charge is 0.392 e. The van der Waals surface area contributed by atoms with Crippen molar-refractivity contribution in [2.45, 2.75) is 46.3 Å². The maximum absolute atomic E-state index is 13.4. The third kappa shape index (κ3) is 6.92. The minimum absolute atomic E-state index is 0.295. The Morgan fingerprint density at radius 3 is 2.77 bits per heavy atom. The molecule has 1 aliphatic heterocycles. The second kappa shape index (κ2) is 11.1. The van der Waals surface area contributed by atoms with Crippen molar-refractivity contribution in [1.29, 1.82) is 0 Å². The third-order valence-electron chi connectivity index (χ3n) is 4.86. The lowest BCUT2D eigenvalue weighted by molar-refractivity contribution is 0.191. The number of likely N-dealkylation sites (tertiary alicyclic amines) is 1. The van der Waals surface area contributed by atoms with Crippen molar-refractivity contribution in [3.8, 4) is 0 Å². The molecule has 6 heteroatoms. The Balaban J connectivity index is 1.77. The lowest BCUT2D eigenvalue weighted by Crippen LogP contribution is -2.39. The molecule has 0 atom stereocenters. The number of aliphatic hydroxyl groups is 1.